The fourth-order valence-electron chi connectivity index (χ4n) is 1.52. The lowest BCUT2D eigenvalue weighted by Gasteiger charge is -2.20. The highest BCUT2D eigenvalue weighted by Crippen LogP contribution is 2.02. The summed E-state index contributed by atoms with van der Waals surface area (Å²) in [5, 5.41) is 21.4. The molecule has 0 amide bonds. The molecule has 0 saturated carbocycles. The largest absolute Gasteiger partial charge is 0.370 e. The molecule has 9 heteroatoms. The molecular weight excluding hydrogens is 276 g/mol. The Kier molecular flexibility index (Phi) is 8.65. The molecule has 0 bridgehead atoms. The van der Waals surface area contributed by atoms with E-state index >= 15 is 0 Å². The van der Waals surface area contributed by atoms with Crippen molar-refractivity contribution >= 4 is 11.9 Å². The maximum Gasteiger partial charge on any atom is 0.291 e. The van der Waals surface area contributed by atoms with E-state index in [4.69, 9.17) is 32.2 Å². The van der Waals surface area contributed by atoms with Crippen LogP contribution in [0.3, 0.4) is 0 Å². The van der Waals surface area contributed by atoms with Gasteiger partial charge in [0.1, 0.15) is 0 Å². The molecule has 1 aromatic carbocycles. The summed E-state index contributed by atoms with van der Waals surface area (Å²) in [5.41, 5.74) is 11.7. The predicted octanol–water partition coefficient (Wildman–Crippen LogP) is 0.411. The molecule has 0 aliphatic rings. The van der Waals surface area contributed by atoms with Crippen LogP contribution in [0.4, 0.5) is 0 Å². The summed E-state index contributed by atoms with van der Waals surface area (Å²) in [5.74, 6) is 0.0385. The molecular formula is C12H20N6O3. The summed E-state index contributed by atoms with van der Waals surface area (Å²) in [6.45, 7) is 3.42. The minimum atomic E-state index is -1.50. The van der Waals surface area contributed by atoms with Crippen molar-refractivity contribution in [2.45, 2.75) is 13.3 Å². The number of benzene rings is 1. The van der Waals surface area contributed by atoms with E-state index in [0.29, 0.717) is 6.54 Å². The first-order valence-electron chi connectivity index (χ1n) is 6.17. The molecule has 0 aliphatic heterocycles. The Bertz CT molecular complexity index is 469. The highest BCUT2D eigenvalue weighted by molar-refractivity contribution is 5.91. The number of likely N-dealkylation sites (N-methyl/N-ethyl adjacent to an activating group) is 1. The van der Waals surface area contributed by atoms with Gasteiger partial charge in [-0.3, -0.25) is 5.41 Å². The van der Waals surface area contributed by atoms with E-state index in [1.807, 2.05) is 30.0 Å². The monoisotopic (exact) mass is 296 g/mol. The third kappa shape index (κ3) is 9.70. The summed E-state index contributed by atoms with van der Waals surface area (Å²) < 4.78 is 0. The van der Waals surface area contributed by atoms with E-state index < -0.39 is 5.09 Å². The molecule has 0 spiro atoms. The van der Waals surface area contributed by atoms with Gasteiger partial charge in [-0.15, -0.1) is 10.1 Å². The van der Waals surface area contributed by atoms with Crippen LogP contribution in [0, 0.1) is 15.5 Å². The van der Waals surface area contributed by atoms with E-state index in [-0.39, 0.29) is 11.9 Å². The van der Waals surface area contributed by atoms with Crippen LogP contribution in [-0.2, 0) is 6.42 Å². The van der Waals surface area contributed by atoms with Gasteiger partial charge in [0.15, 0.2) is 5.96 Å². The zero-order chi connectivity index (χ0) is 16.3. The highest BCUT2D eigenvalue weighted by Gasteiger charge is 2.06. The van der Waals surface area contributed by atoms with E-state index in [2.05, 4.69) is 17.1 Å². The molecule has 9 nitrogen and oxygen atoms in total. The van der Waals surface area contributed by atoms with Crippen molar-refractivity contribution < 1.29 is 10.3 Å². The van der Waals surface area contributed by atoms with Crippen LogP contribution in [0.15, 0.2) is 35.3 Å². The lowest BCUT2D eigenvalue weighted by molar-refractivity contribution is -0.742. The Balaban J connectivity index is 0.000000885. The van der Waals surface area contributed by atoms with Crippen LogP contribution in [0.2, 0.25) is 0 Å². The zero-order valence-electron chi connectivity index (χ0n) is 11.8. The van der Waals surface area contributed by atoms with Gasteiger partial charge in [0, 0.05) is 13.1 Å². The van der Waals surface area contributed by atoms with E-state index in [1.54, 1.807) is 0 Å². The van der Waals surface area contributed by atoms with Crippen molar-refractivity contribution in [2.24, 2.45) is 16.5 Å². The van der Waals surface area contributed by atoms with Gasteiger partial charge >= 0.3 is 0 Å². The van der Waals surface area contributed by atoms with Gasteiger partial charge < -0.3 is 21.6 Å². The normalized spacial score (nSPS) is 9.00. The molecule has 6 N–H and O–H groups in total. The minimum absolute atomic E-state index is 0.0758. The Morgan fingerprint density at radius 2 is 1.95 bits per heavy atom. The molecule has 0 unspecified atom stereocenters. The van der Waals surface area contributed by atoms with Gasteiger partial charge in [0.25, 0.3) is 5.09 Å². The SMILES string of the molecule is CCN(CCc1ccccc1)C(=N)N=C(N)N.O=[N+]([O-])O. The summed E-state index contributed by atoms with van der Waals surface area (Å²) in [4.78, 5) is 13.9. The summed E-state index contributed by atoms with van der Waals surface area (Å²) in [6, 6.07) is 10.1. The smallest absolute Gasteiger partial charge is 0.291 e. The maximum absolute atomic E-state index is 8.36. The molecule has 0 atom stereocenters. The van der Waals surface area contributed by atoms with E-state index in [0.717, 1.165) is 13.0 Å². The first kappa shape index (κ1) is 18.2. The molecule has 0 radical (unpaired) electrons. The van der Waals surface area contributed by atoms with Crippen LogP contribution in [0.1, 0.15) is 12.5 Å². The van der Waals surface area contributed by atoms with Crippen molar-refractivity contribution in [3.05, 3.63) is 46.0 Å². The van der Waals surface area contributed by atoms with Crippen molar-refractivity contribution in [3.8, 4) is 0 Å². The molecule has 0 aliphatic carbocycles. The number of aliphatic imine (C=N–C) groups is 1. The van der Waals surface area contributed by atoms with Crippen molar-refractivity contribution in [3.63, 3.8) is 0 Å². The molecule has 0 heterocycles. The van der Waals surface area contributed by atoms with Crippen LogP contribution in [0.25, 0.3) is 0 Å². The number of nitrogens with two attached hydrogens (primary N) is 2. The molecule has 0 aromatic heterocycles. The molecule has 1 aromatic rings. The topological polar surface area (TPSA) is 155 Å². The molecule has 0 fully saturated rings. The van der Waals surface area contributed by atoms with Gasteiger partial charge in [-0.2, -0.15) is 4.99 Å². The highest BCUT2D eigenvalue weighted by atomic mass is 16.9. The number of guanidine groups is 2. The Labute approximate surface area is 122 Å². The first-order valence-corrected chi connectivity index (χ1v) is 6.17. The fourth-order valence-corrected chi connectivity index (χ4v) is 1.52. The van der Waals surface area contributed by atoms with Crippen molar-refractivity contribution in [1.82, 2.24) is 4.90 Å². The lowest BCUT2D eigenvalue weighted by atomic mass is 10.1. The Morgan fingerprint density at radius 3 is 2.38 bits per heavy atom. The molecule has 116 valence electrons. The summed E-state index contributed by atoms with van der Waals surface area (Å²) in [6.07, 6.45) is 0.872. The average molecular weight is 296 g/mol. The average Bonchev–Trinajstić information content (AvgIpc) is 2.39. The van der Waals surface area contributed by atoms with Crippen LogP contribution < -0.4 is 11.5 Å². The number of hydrogen-bond donors (Lipinski definition) is 4. The van der Waals surface area contributed by atoms with Gasteiger partial charge in [0.2, 0.25) is 5.96 Å². The first-order chi connectivity index (χ1) is 9.86. The third-order valence-electron chi connectivity index (χ3n) is 2.43. The Hall–Kier alpha value is -2.84. The quantitative estimate of drug-likeness (QED) is 0.273. The second kappa shape index (κ2) is 10.0. The van der Waals surface area contributed by atoms with Gasteiger partial charge in [-0.05, 0) is 18.9 Å². The van der Waals surface area contributed by atoms with Crippen LogP contribution in [-0.4, -0.2) is 40.2 Å². The lowest BCUT2D eigenvalue weighted by Crippen LogP contribution is -2.34. The summed E-state index contributed by atoms with van der Waals surface area (Å²) in [7, 11) is 0. The third-order valence-corrected chi connectivity index (χ3v) is 2.43. The predicted molar refractivity (Wildman–Crippen MR) is 79.7 cm³/mol. The van der Waals surface area contributed by atoms with Gasteiger partial charge in [-0.1, -0.05) is 30.3 Å². The van der Waals surface area contributed by atoms with Gasteiger partial charge in [-0.25, -0.2) is 0 Å². The van der Waals surface area contributed by atoms with Gasteiger partial charge in [0.05, 0.1) is 0 Å². The van der Waals surface area contributed by atoms with Crippen molar-refractivity contribution in [2.75, 3.05) is 13.1 Å². The fraction of sp³-hybridized carbons (Fsp3) is 0.333. The van der Waals surface area contributed by atoms with E-state index in [9.17, 15) is 0 Å². The van der Waals surface area contributed by atoms with Crippen LogP contribution >= 0.6 is 0 Å². The zero-order valence-corrected chi connectivity index (χ0v) is 11.8. The number of hydrogen-bond acceptors (Lipinski definition) is 3. The maximum atomic E-state index is 8.36. The molecule has 21 heavy (non-hydrogen) atoms. The van der Waals surface area contributed by atoms with Crippen molar-refractivity contribution in [1.29, 1.82) is 5.41 Å². The Morgan fingerprint density at radius 1 is 1.43 bits per heavy atom. The number of nitrogens with zero attached hydrogens (tertiary/aromatic N) is 3. The summed E-state index contributed by atoms with van der Waals surface area (Å²) >= 11 is 0. The second-order valence-corrected chi connectivity index (χ2v) is 3.91. The second-order valence-electron chi connectivity index (χ2n) is 3.91. The van der Waals surface area contributed by atoms with Crippen LogP contribution in [0.5, 0.6) is 0 Å². The minimum Gasteiger partial charge on any atom is -0.370 e. The van der Waals surface area contributed by atoms with E-state index in [1.165, 1.54) is 5.56 Å². The standard InChI is InChI=1S/C12H19N5.HNO3/c1-2-17(12(15)16-11(13)14)9-8-10-6-4-3-5-7-10;2-1(3)4/h3-7H,2,8-9H2,1H3,(H5,13,14,15,16);(H,2,3,4). The number of nitrogens with one attached hydrogen (secondary N) is 1. The number of rotatable bonds is 4. The molecule has 0 saturated heterocycles. The molecule has 1 rings (SSSR count).